The summed E-state index contributed by atoms with van der Waals surface area (Å²) in [6.45, 7) is 1.83. The van der Waals surface area contributed by atoms with Gasteiger partial charge in [-0.1, -0.05) is 18.2 Å². The molecule has 0 aromatic heterocycles. The summed E-state index contributed by atoms with van der Waals surface area (Å²) in [5, 5.41) is 15.1. The van der Waals surface area contributed by atoms with E-state index in [-0.39, 0.29) is 11.6 Å². The van der Waals surface area contributed by atoms with Crippen LogP contribution in [0.15, 0.2) is 58.7 Å². The van der Waals surface area contributed by atoms with Crippen LogP contribution in [-0.2, 0) is 4.79 Å². The Kier molecular flexibility index (Phi) is 7.26. The third kappa shape index (κ3) is 5.25. The van der Waals surface area contributed by atoms with E-state index in [2.05, 4.69) is 26.6 Å². The topological polar surface area (TPSA) is 83.4 Å². The minimum absolute atomic E-state index is 0.0296. The van der Waals surface area contributed by atoms with Gasteiger partial charge in [-0.25, -0.2) is 0 Å². The summed E-state index contributed by atoms with van der Waals surface area (Å²) in [6, 6.07) is 14.4. The first kappa shape index (κ1) is 20.3. The van der Waals surface area contributed by atoms with Crippen molar-refractivity contribution in [3.05, 3.63) is 64.3 Å². The minimum atomic E-state index is -0.473. The van der Waals surface area contributed by atoms with Gasteiger partial charge in [-0.05, 0) is 52.7 Å². The Morgan fingerprint density at radius 1 is 1.19 bits per heavy atom. The van der Waals surface area contributed by atoms with Gasteiger partial charge >= 0.3 is 0 Å². The lowest BCUT2D eigenvalue weighted by atomic mass is 10.1. The standard InChI is InChI=1S/C20H20BrN3O3/c1-13(14-8-9-18(26-2)19(10-14)27-3)24-20(25)15(11-22)12-23-17-7-5-4-6-16(17)21/h4-10,12-13,23H,1-3H3,(H,24,25)/b15-12-. The van der Waals surface area contributed by atoms with Gasteiger partial charge in [-0.2, -0.15) is 5.26 Å². The summed E-state index contributed by atoms with van der Waals surface area (Å²) in [5.74, 6) is 0.706. The second-order valence-electron chi connectivity index (χ2n) is 5.60. The molecule has 0 radical (unpaired) electrons. The number of benzene rings is 2. The molecule has 1 unspecified atom stereocenters. The number of nitriles is 1. The van der Waals surface area contributed by atoms with Crippen molar-refractivity contribution in [3.8, 4) is 17.6 Å². The molecule has 0 heterocycles. The van der Waals surface area contributed by atoms with Crippen LogP contribution in [0.5, 0.6) is 11.5 Å². The molecule has 2 aromatic carbocycles. The summed E-state index contributed by atoms with van der Waals surface area (Å²) in [4.78, 5) is 12.4. The fourth-order valence-electron chi connectivity index (χ4n) is 2.36. The number of nitrogens with zero attached hydrogens (tertiary/aromatic N) is 1. The molecule has 7 heteroatoms. The largest absolute Gasteiger partial charge is 0.493 e. The molecule has 6 nitrogen and oxygen atoms in total. The number of amides is 1. The van der Waals surface area contributed by atoms with Gasteiger partial charge in [-0.3, -0.25) is 4.79 Å². The quantitative estimate of drug-likeness (QED) is 0.509. The number of hydrogen-bond acceptors (Lipinski definition) is 5. The zero-order chi connectivity index (χ0) is 19.8. The highest BCUT2D eigenvalue weighted by molar-refractivity contribution is 9.10. The Bertz CT molecular complexity index is 890. The average Bonchev–Trinajstić information content (AvgIpc) is 2.69. The summed E-state index contributed by atoms with van der Waals surface area (Å²) in [7, 11) is 3.11. The van der Waals surface area contributed by atoms with Crippen LogP contribution in [0.4, 0.5) is 5.69 Å². The number of nitrogens with one attached hydrogen (secondary N) is 2. The molecule has 0 spiro atoms. The summed E-state index contributed by atoms with van der Waals surface area (Å²) >= 11 is 3.40. The highest BCUT2D eigenvalue weighted by Crippen LogP contribution is 2.30. The van der Waals surface area contributed by atoms with E-state index in [0.717, 1.165) is 15.7 Å². The number of carbonyl (C=O) groups excluding carboxylic acids is 1. The van der Waals surface area contributed by atoms with Crippen molar-refractivity contribution in [2.24, 2.45) is 0 Å². The summed E-state index contributed by atoms with van der Waals surface area (Å²) in [5.41, 5.74) is 1.56. The van der Waals surface area contributed by atoms with Crippen LogP contribution in [0.1, 0.15) is 18.5 Å². The average molecular weight is 430 g/mol. The molecule has 2 aromatic rings. The molecule has 1 atom stereocenters. The van der Waals surface area contributed by atoms with E-state index in [0.29, 0.717) is 11.5 Å². The number of halogens is 1. The molecular formula is C20H20BrN3O3. The van der Waals surface area contributed by atoms with Crippen molar-refractivity contribution in [2.45, 2.75) is 13.0 Å². The highest BCUT2D eigenvalue weighted by Gasteiger charge is 2.15. The lowest BCUT2D eigenvalue weighted by molar-refractivity contribution is -0.117. The van der Waals surface area contributed by atoms with E-state index in [4.69, 9.17) is 9.47 Å². The fraction of sp³-hybridized carbons (Fsp3) is 0.200. The van der Waals surface area contributed by atoms with E-state index >= 15 is 0 Å². The van der Waals surface area contributed by atoms with Gasteiger partial charge in [0.05, 0.1) is 25.9 Å². The van der Waals surface area contributed by atoms with Crippen LogP contribution in [0.3, 0.4) is 0 Å². The van der Waals surface area contributed by atoms with Crippen LogP contribution in [0.2, 0.25) is 0 Å². The fourth-order valence-corrected chi connectivity index (χ4v) is 2.76. The van der Waals surface area contributed by atoms with Crippen molar-refractivity contribution in [1.29, 1.82) is 5.26 Å². The van der Waals surface area contributed by atoms with Crippen molar-refractivity contribution < 1.29 is 14.3 Å². The molecule has 140 valence electrons. The van der Waals surface area contributed by atoms with Gasteiger partial charge in [0.1, 0.15) is 11.6 Å². The molecule has 0 saturated carbocycles. The number of hydrogen-bond donors (Lipinski definition) is 2. The van der Waals surface area contributed by atoms with Crippen LogP contribution < -0.4 is 20.1 Å². The zero-order valence-corrected chi connectivity index (χ0v) is 16.8. The molecule has 0 aliphatic rings. The second-order valence-corrected chi connectivity index (χ2v) is 6.46. The minimum Gasteiger partial charge on any atom is -0.493 e. The maximum atomic E-state index is 12.4. The first-order chi connectivity index (χ1) is 13.0. The second kappa shape index (κ2) is 9.64. The normalized spacial score (nSPS) is 11.9. The first-order valence-electron chi connectivity index (χ1n) is 8.14. The van der Waals surface area contributed by atoms with Crippen molar-refractivity contribution in [3.63, 3.8) is 0 Å². The molecular weight excluding hydrogens is 410 g/mol. The lowest BCUT2D eigenvalue weighted by Gasteiger charge is -2.16. The Labute approximate surface area is 166 Å². The van der Waals surface area contributed by atoms with Gasteiger partial charge in [0.2, 0.25) is 0 Å². The van der Waals surface area contributed by atoms with Gasteiger partial charge in [-0.15, -0.1) is 0 Å². The third-order valence-corrected chi connectivity index (χ3v) is 4.56. The predicted octanol–water partition coefficient (Wildman–Crippen LogP) is 4.16. The molecule has 0 fully saturated rings. The number of anilines is 1. The smallest absolute Gasteiger partial charge is 0.263 e. The van der Waals surface area contributed by atoms with Crippen LogP contribution in [0, 0.1) is 11.3 Å². The van der Waals surface area contributed by atoms with Crippen molar-refractivity contribution in [2.75, 3.05) is 19.5 Å². The Hall–Kier alpha value is -2.98. The number of ether oxygens (including phenoxy) is 2. The molecule has 1 amide bonds. The third-order valence-electron chi connectivity index (χ3n) is 3.87. The molecule has 0 aliphatic carbocycles. The van der Waals surface area contributed by atoms with Crippen LogP contribution in [0.25, 0.3) is 0 Å². The van der Waals surface area contributed by atoms with E-state index in [1.54, 1.807) is 26.4 Å². The number of para-hydroxylation sites is 1. The number of methoxy groups -OCH3 is 2. The van der Waals surface area contributed by atoms with Crippen molar-refractivity contribution >= 4 is 27.5 Å². The molecule has 2 rings (SSSR count). The highest BCUT2D eigenvalue weighted by atomic mass is 79.9. The van der Waals surface area contributed by atoms with Crippen LogP contribution in [-0.4, -0.2) is 20.1 Å². The van der Waals surface area contributed by atoms with Gasteiger partial charge < -0.3 is 20.1 Å². The molecule has 2 N–H and O–H groups in total. The van der Waals surface area contributed by atoms with E-state index in [1.807, 2.05) is 43.3 Å². The van der Waals surface area contributed by atoms with Gasteiger partial charge in [0.15, 0.2) is 11.5 Å². The van der Waals surface area contributed by atoms with Crippen LogP contribution >= 0.6 is 15.9 Å². The molecule has 0 saturated heterocycles. The maximum absolute atomic E-state index is 12.4. The van der Waals surface area contributed by atoms with E-state index in [9.17, 15) is 10.1 Å². The predicted molar refractivity (Wildman–Crippen MR) is 108 cm³/mol. The maximum Gasteiger partial charge on any atom is 0.263 e. The Balaban J connectivity index is 2.11. The number of carbonyl (C=O) groups is 1. The van der Waals surface area contributed by atoms with Gasteiger partial charge in [0.25, 0.3) is 5.91 Å². The molecule has 27 heavy (non-hydrogen) atoms. The van der Waals surface area contributed by atoms with Gasteiger partial charge in [0, 0.05) is 10.7 Å². The SMILES string of the molecule is COc1ccc(C(C)NC(=O)/C(C#N)=C\Nc2ccccc2Br)cc1OC. The summed E-state index contributed by atoms with van der Waals surface area (Å²) < 4.78 is 11.3. The number of rotatable bonds is 7. The Morgan fingerprint density at radius 2 is 1.89 bits per heavy atom. The summed E-state index contributed by atoms with van der Waals surface area (Å²) in [6.07, 6.45) is 1.39. The zero-order valence-electron chi connectivity index (χ0n) is 15.2. The lowest BCUT2D eigenvalue weighted by Crippen LogP contribution is -2.28. The van der Waals surface area contributed by atoms with E-state index < -0.39 is 5.91 Å². The molecule has 0 bridgehead atoms. The Morgan fingerprint density at radius 3 is 2.52 bits per heavy atom. The monoisotopic (exact) mass is 429 g/mol. The first-order valence-corrected chi connectivity index (χ1v) is 8.93. The van der Waals surface area contributed by atoms with E-state index in [1.165, 1.54) is 6.20 Å². The van der Waals surface area contributed by atoms with Crippen molar-refractivity contribution in [1.82, 2.24) is 5.32 Å². The molecule has 0 aliphatic heterocycles.